The molecule has 0 aliphatic carbocycles. The van der Waals surface area contributed by atoms with Crippen molar-refractivity contribution in [1.29, 1.82) is 0 Å². The van der Waals surface area contributed by atoms with Gasteiger partial charge in [-0.1, -0.05) is 245 Å². The van der Waals surface area contributed by atoms with Gasteiger partial charge >= 0.3 is 11.9 Å². The third-order valence-electron chi connectivity index (χ3n) is 11.8. The van der Waals surface area contributed by atoms with Crippen LogP contribution in [0.3, 0.4) is 0 Å². The first-order valence-corrected chi connectivity index (χ1v) is 26.2. The number of unbranched alkanes of at least 4 members (excludes halogenated alkanes) is 36. The Morgan fingerprint density at radius 3 is 1.05 bits per heavy atom. The van der Waals surface area contributed by atoms with Crippen molar-refractivity contribution in [3.63, 3.8) is 0 Å². The average molecular weight is 819 g/mol. The fourth-order valence-electron chi connectivity index (χ4n) is 7.86. The Kier molecular flexibility index (Phi) is 48.8. The highest BCUT2D eigenvalue weighted by molar-refractivity contribution is 5.70. The second-order valence-electron chi connectivity index (χ2n) is 17.8. The van der Waals surface area contributed by atoms with Gasteiger partial charge in [-0.05, 0) is 44.9 Å². The molecule has 0 heterocycles. The van der Waals surface area contributed by atoms with Gasteiger partial charge in [0, 0.05) is 19.4 Å². The van der Waals surface area contributed by atoms with E-state index in [0.29, 0.717) is 26.1 Å². The molecule has 344 valence electrons. The van der Waals surface area contributed by atoms with Crippen molar-refractivity contribution in [3.05, 3.63) is 12.2 Å². The molecule has 0 saturated carbocycles. The summed E-state index contributed by atoms with van der Waals surface area (Å²) in [5.74, 6) is -0.382. The maximum Gasteiger partial charge on any atom is 0.306 e. The van der Waals surface area contributed by atoms with Crippen LogP contribution in [-0.2, 0) is 23.8 Å². The first kappa shape index (κ1) is 56.6. The van der Waals surface area contributed by atoms with Crippen molar-refractivity contribution < 1.29 is 23.8 Å². The Balaban J connectivity index is 4.18. The molecule has 0 N–H and O–H groups in total. The number of ether oxygens (including phenoxy) is 3. The number of esters is 2. The highest BCUT2D eigenvalue weighted by atomic mass is 16.6. The molecule has 0 radical (unpaired) electrons. The van der Waals surface area contributed by atoms with E-state index < -0.39 is 6.10 Å². The Morgan fingerprint density at radius 2 is 0.672 bits per heavy atom. The van der Waals surface area contributed by atoms with Crippen LogP contribution in [0.1, 0.15) is 290 Å². The lowest BCUT2D eigenvalue weighted by molar-refractivity contribution is -0.163. The molecular formula is C53H102O5. The lowest BCUT2D eigenvalue weighted by Gasteiger charge is -2.18. The molecule has 1 unspecified atom stereocenters. The minimum atomic E-state index is -0.527. The molecule has 5 heteroatoms. The number of hydrogen-bond acceptors (Lipinski definition) is 5. The second-order valence-corrected chi connectivity index (χ2v) is 17.8. The first-order valence-electron chi connectivity index (χ1n) is 26.2. The lowest BCUT2D eigenvalue weighted by Crippen LogP contribution is -2.30. The van der Waals surface area contributed by atoms with Crippen molar-refractivity contribution in [3.8, 4) is 0 Å². The van der Waals surface area contributed by atoms with Crippen molar-refractivity contribution >= 4 is 11.9 Å². The summed E-state index contributed by atoms with van der Waals surface area (Å²) >= 11 is 0. The van der Waals surface area contributed by atoms with Gasteiger partial charge in [0.15, 0.2) is 6.10 Å². The third kappa shape index (κ3) is 47.3. The van der Waals surface area contributed by atoms with Gasteiger partial charge in [-0.3, -0.25) is 9.59 Å². The molecule has 0 bridgehead atoms. The fraction of sp³-hybridized carbons (Fsp3) is 0.925. The Bertz CT molecular complexity index is 840. The first-order chi connectivity index (χ1) is 28.6. The van der Waals surface area contributed by atoms with Crippen LogP contribution >= 0.6 is 0 Å². The maximum atomic E-state index is 12.8. The zero-order valence-corrected chi connectivity index (χ0v) is 39.6. The molecule has 0 saturated heterocycles. The van der Waals surface area contributed by atoms with Gasteiger partial charge in [0.25, 0.3) is 0 Å². The van der Waals surface area contributed by atoms with E-state index in [4.69, 9.17) is 14.2 Å². The van der Waals surface area contributed by atoms with Crippen LogP contribution in [0.4, 0.5) is 0 Å². The summed E-state index contributed by atoms with van der Waals surface area (Å²) in [6, 6.07) is 0. The zero-order chi connectivity index (χ0) is 42.1. The molecule has 0 aromatic heterocycles. The van der Waals surface area contributed by atoms with Crippen molar-refractivity contribution in [2.45, 2.75) is 297 Å². The summed E-state index contributed by atoms with van der Waals surface area (Å²) < 4.78 is 17.4. The van der Waals surface area contributed by atoms with Crippen LogP contribution < -0.4 is 0 Å². The number of carbonyl (C=O) groups is 2. The second kappa shape index (κ2) is 50.0. The lowest BCUT2D eigenvalue weighted by atomic mass is 10.0. The summed E-state index contributed by atoms with van der Waals surface area (Å²) in [5, 5.41) is 0. The molecule has 1 atom stereocenters. The normalized spacial score (nSPS) is 12.1. The molecule has 0 amide bonds. The molecule has 0 spiro atoms. The van der Waals surface area contributed by atoms with Crippen molar-refractivity contribution in [1.82, 2.24) is 0 Å². The summed E-state index contributed by atoms with van der Waals surface area (Å²) in [7, 11) is 0. The van der Waals surface area contributed by atoms with E-state index in [9.17, 15) is 9.59 Å². The predicted molar refractivity (Wildman–Crippen MR) is 252 cm³/mol. The molecule has 0 fully saturated rings. The topological polar surface area (TPSA) is 61.8 Å². The van der Waals surface area contributed by atoms with E-state index in [1.807, 2.05) is 0 Å². The number of rotatable bonds is 49. The summed E-state index contributed by atoms with van der Waals surface area (Å²) in [6.07, 6.45) is 56.4. The van der Waals surface area contributed by atoms with Crippen LogP contribution in [0.25, 0.3) is 0 Å². The van der Waals surface area contributed by atoms with Crippen LogP contribution in [0, 0.1) is 0 Å². The Hall–Kier alpha value is -1.36. The van der Waals surface area contributed by atoms with Crippen LogP contribution in [0.15, 0.2) is 12.2 Å². The van der Waals surface area contributed by atoms with Gasteiger partial charge in [0.1, 0.15) is 6.61 Å². The molecule has 0 aliphatic heterocycles. The van der Waals surface area contributed by atoms with E-state index in [1.165, 1.54) is 225 Å². The van der Waals surface area contributed by atoms with E-state index in [0.717, 1.165) is 32.1 Å². The highest BCUT2D eigenvalue weighted by Crippen LogP contribution is 2.16. The molecule has 5 nitrogen and oxygen atoms in total. The monoisotopic (exact) mass is 819 g/mol. The highest BCUT2D eigenvalue weighted by Gasteiger charge is 2.17. The average Bonchev–Trinajstić information content (AvgIpc) is 3.22. The van der Waals surface area contributed by atoms with Crippen LogP contribution in [0.2, 0.25) is 0 Å². The standard InChI is InChI=1S/C53H102O5/c1-4-7-10-13-16-19-22-24-26-27-28-29-32-34-37-40-43-46-52(54)57-50-51(58-53(55)47-44-41-38-35-31-21-18-15-12-9-6-3)49-56-48-45-42-39-36-33-30-25-23-20-17-14-11-8-5-2/h24,26,51H,4-23,25,27-50H2,1-3H3/b26-24-. The summed E-state index contributed by atoms with van der Waals surface area (Å²) in [5.41, 5.74) is 0. The molecule has 0 rings (SSSR count). The van der Waals surface area contributed by atoms with E-state index in [2.05, 4.69) is 32.9 Å². The van der Waals surface area contributed by atoms with Crippen LogP contribution in [-0.4, -0.2) is 37.9 Å². The Labute approximate surface area is 363 Å². The summed E-state index contributed by atoms with van der Waals surface area (Å²) in [4.78, 5) is 25.3. The molecule has 0 aliphatic rings. The fourth-order valence-corrected chi connectivity index (χ4v) is 7.86. The van der Waals surface area contributed by atoms with Gasteiger partial charge in [0.05, 0.1) is 6.61 Å². The van der Waals surface area contributed by atoms with Crippen molar-refractivity contribution in [2.24, 2.45) is 0 Å². The van der Waals surface area contributed by atoms with Gasteiger partial charge in [-0.2, -0.15) is 0 Å². The van der Waals surface area contributed by atoms with Gasteiger partial charge in [-0.15, -0.1) is 0 Å². The minimum Gasteiger partial charge on any atom is -0.462 e. The van der Waals surface area contributed by atoms with Crippen LogP contribution in [0.5, 0.6) is 0 Å². The minimum absolute atomic E-state index is 0.0922. The smallest absolute Gasteiger partial charge is 0.306 e. The predicted octanol–water partition coefficient (Wildman–Crippen LogP) is 17.5. The van der Waals surface area contributed by atoms with Gasteiger partial charge < -0.3 is 14.2 Å². The van der Waals surface area contributed by atoms with Crippen molar-refractivity contribution in [2.75, 3.05) is 19.8 Å². The molecule has 0 aromatic rings. The molecule has 0 aromatic carbocycles. The number of carbonyl (C=O) groups excluding carboxylic acids is 2. The number of hydrogen-bond donors (Lipinski definition) is 0. The SMILES string of the molecule is CCCCCCCC/C=C\CCCCCCCCCC(=O)OCC(COCCCCCCCCCCCCCCCC)OC(=O)CCCCCCCCCCCCC. The van der Waals surface area contributed by atoms with Gasteiger partial charge in [0.2, 0.25) is 0 Å². The Morgan fingerprint density at radius 1 is 0.362 bits per heavy atom. The molecular weight excluding hydrogens is 717 g/mol. The summed E-state index contributed by atoms with van der Waals surface area (Å²) in [6.45, 7) is 7.88. The van der Waals surface area contributed by atoms with E-state index >= 15 is 0 Å². The number of allylic oxidation sites excluding steroid dienone is 2. The largest absolute Gasteiger partial charge is 0.462 e. The molecule has 58 heavy (non-hydrogen) atoms. The zero-order valence-electron chi connectivity index (χ0n) is 39.6. The van der Waals surface area contributed by atoms with E-state index in [1.54, 1.807) is 0 Å². The third-order valence-corrected chi connectivity index (χ3v) is 11.8. The quantitative estimate of drug-likeness (QED) is 0.0348. The maximum absolute atomic E-state index is 12.8. The van der Waals surface area contributed by atoms with E-state index in [-0.39, 0.29) is 18.5 Å². The van der Waals surface area contributed by atoms with Gasteiger partial charge in [-0.25, -0.2) is 0 Å².